The van der Waals surface area contributed by atoms with E-state index in [9.17, 15) is 18.0 Å². The Morgan fingerprint density at radius 3 is 2.42 bits per heavy atom. The molecule has 0 spiro atoms. The largest absolute Gasteiger partial charge is 0.451 e. The monoisotopic (exact) mass is 397 g/mol. The van der Waals surface area contributed by atoms with Crippen LogP contribution in [0.1, 0.15) is 10.5 Å². The van der Waals surface area contributed by atoms with Gasteiger partial charge in [0.1, 0.15) is 5.69 Å². The van der Waals surface area contributed by atoms with Crippen molar-refractivity contribution in [3.8, 4) is 0 Å². The van der Waals surface area contributed by atoms with Crippen molar-refractivity contribution in [1.29, 1.82) is 0 Å². The number of nitrogens with zero attached hydrogens (tertiary/aromatic N) is 2. The van der Waals surface area contributed by atoms with Crippen LogP contribution >= 0.6 is 11.6 Å². The Bertz CT molecular complexity index is 914. The number of halogens is 1. The number of anilines is 1. The van der Waals surface area contributed by atoms with Crippen molar-refractivity contribution in [2.24, 2.45) is 0 Å². The van der Waals surface area contributed by atoms with Crippen LogP contribution in [0.25, 0.3) is 0 Å². The first-order valence-electron chi connectivity index (χ1n) is 7.31. The smallest absolute Gasteiger partial charge is 0.357 e. The van der Waals surface area contributed by atoms with Gasteiger partial charge in [-0.05, 0) is 36.4 Å². The number of carbonyl (C=O) groups excluding carboxylic acids is 2. The van der Waals surface area contributed by atoms with E-state index in [1.54, 1.807) is 0 Å². The molecule has 1 aromatic heterocycles. The van der Waals surface area contributed by atoms with Crippen LogP contribution < -0.4 is 5.32 Å². The van der Waals surface area contributed by atoms with Gasteiger partial charge in [0, 0.05) is 31.0 Å². The minimum absolute atomic E-state index is 0.0106. The minimum Gasteiger partial charge on any atom is -0.451 e. The maximum Gasteiger partial charge on any atom is 0.357 e. The highest BCUT2D eigenvalue weighted by Crippen LogP contribution is 2.16. The van der Waals surface area contributed by atoms with Crippen molar-refractivity contribution in [3.63, 3.8) is 0 Å². The van der Waals surface area contributed by atoms with Crippen LogP contribution in [0, 0.1) is 0 Å². The number of aromatic nitrogens is 1. The summed E-state index contributed by atoms with van der Waals surface area (Å²) in [7, 11) is -0.695. The van der Waals surface area contributed by atoms with E-state index in [1.807, 2.05) is 0 Å². The van der Waals surface area contributed by atoms with Gasteiger partial charge in [-0.1, -0.05) is 11.6 Å². The SMILES string of the molecule is CN(C)S(=O)(=O)c1ccc(NC(=O)COC(=O)c2cc(Cl)ccn2)cc1. The van der Waals surface area contributed by atoms with Crippen molar-refractivity contribution in [2.45, 2.75) is 4.90 Å². The molecule has 0 aliphatic rings. The molecule has 0 saturated heterocycles. The predicted molar refractivity (Wildman–Crippen MR) is 95.5 cm³/mol. The highest BCUT2D eigenvalue weighted by atomic mass is 35.5. The number of rotatable bonds is 6. The molecule has 138 valence electrons. The highest BCUT2D eigenvalue weighted by Gasteiger charge is 2.17. The normalized spacial score (nSPS) is 11.2. The number of pyridine rings is 1. The van der Waals surface area contributed by atoms with Crippen molar-refractivity contribution >= 4 is 39.2 Å². The average molecular weight is 398 g/mol. The van der Waals surface area contributed by atoms with Gasteiger partial charge in [0.15, 0.2) is 6.61 Å². The van der Waals surface area contributed by atoms with Crippen LogP contribution in [-0.2, 0) is 19.6 Å². The van der Waals surface area contributed by atoms with E-state index in [0.717, 1.165) is 4.31 Å². The van der Waals surface area contributed by atoms with Gasteiger partial charge in [-0.2, -0.15) is 0 Å². The summed E-state index contributed by atoms with van der Waals surface area (Å²) in [5, 5.41) is 2.82. The molecular formula is C16H16ClN3O5S. The lowest BCUT2D eigenvalue weighted by Crippen LogP contribution is -2.23. The minimum atomic E-state index is -3.54. The molecule has 0 unspecified atom stereocenters. The first-order valence-corrected chi connectivity index (χ1v) is 9.13. The van der Waals surface area contributed by atoms with Gasteiger partial charge < -0.3 is 10.1 Å². The summed E-state index contributed by atoms with van der Waals surface area (Å²) in [4.78, 5) is 27.5. The maximum absolute atomic E-state index is 12.0. The van der Waals surface area contributed by atoms with Crippen molar-refractivity contribution < 1.29 is 22.7 Å². The Morgan fingerprint density at radius 2 is 1.85 bits per heavy atom. The second-order valence-corrected chi connectivity index (χ2v) is 7.88. The summed E-state index contributed by atoms with van der Waals surface area (Å²) in [6.07, 6.45) is 1.35. The van der Waals surface area contributed by atoms with Crippen LogP contribution in [0.4, 0.5) is 5.69 Å². The molecule has 0 bridgehead atoms. The molecule has 0 atom stereocenters. The van der Waals surface area contributed by atoms with E-state index >= 15 is 0 Å². The van der Waals surface area contributed by atoms with E-state index in [4.69, 9.17) is 16.3 Å². The molecule has 1 amide bonds. The maximum atomic E-state index is 12.0. The standard InChI is InChI=1S/C16H16ClN3O5S/c1-20(2)26(23,24)13-5-3-12(4-6-13)19-15(21)10-25-16(22)14-9-11(17)7-8-18-14/h3-9H,10H2,1-2H3,(H,19,21). The summed E-state index contributed by atoms with van der Waals surface area (Å²) >= 11 is 5.75. The van der Waals surface area contributed by atoms with Crippen molar-refractivity contribution in [2.75, 3.05) is 26.0 Å². The van der Waals surface area contributed by atoms with E-state index in [-0.39, 0.29) is 10.6 Å². The van der Waals surface area contributed by atoms with Crippen LogP contribution in [0.3, 0.4) is 0 Å². The number of nitrogens with one attached hydrogen (secondary N) is 1. The number of benzene rings is 1. The lowest BCUT2D eigenvalue weighted by molar-refractivity contribution is -0.119. The zero-order valence-electron chi connectivity index (χ0n) is 14.0. The molecule has 1 N–H and O–H groups in total. The number of sulfonamides is 1. The Balaban J connectivity index is 1.93. The highest BCUT2D eigenvalue weighted by molar-refractivity contribution is 7.89. The quantitative estimate of drug-likeness (QED) is 0.745. The molecule has 0 saturated carbocycles. The molecule has 0 aliphatic carbocycles. The molecule has 8 nitrogen and oxygen atoms in total. The number of carbonyl (C=O) groups is 2. The second-order valence-electron chi connectivity index (χ2n) is 5.30. The molecule has 26 heavy (non-hydrogen) atoms. The molecular weight excluding hydrogens is 382 g/mol. The topological polar surface area (TPSA) is 106 Å². The molecule has 0 radical (unpaired) electrons. The molecule has 0 aliphatic heterocycles. The lowest BCUT2D eigenvalue weighted by atomic mass is 10.3. The van der Waals surface area contributed by atoms with Crippen LogP contribution in [0.2, 0.25) is 5.02 Å². The summed E-state index contributed by atoms with van der Waals surface area (Å²) in [6, 6.07) is 8.44. The fraction of sp³-hybridized carbons (Fsp3) is 0.188. The van der Waals surface area contributed by atoms with E-state index in [1.165, 1.54) is 56.7 Å². The Hall–Kier alpha value is -2.49. The van der Waals surface area contributed by atoms with Gasteiger partial charge in [0.05, 0.1) is 4.90 Å². The average Bonchev–Trinajstić information content (AvgIpc) is 2.60. The third-order valence-corrected chi connectivity index (χ3v) is 5.25. The molecule has 1 aromatic carbocycles. The van der Waals surface area contributed by atoms with Crippen LogP contribution in [-0.4, -0.2) is 50.3 Å². The number of esters is 1. The second kappa shape index (κ2) is 8.26. The number of hydrogen-bond donors (Lipinski definition) is 1. The summed E-state index contributed by atoms with van der Waals surface area (Å²) < 4.78 is 29.9. The summed E-state index contributed by atoms with van der Waals surface area (Å²) in [5.41, 5.74) is 0.355. The predicted octanol–water partition coefficient (Wildman–Crippen LogP) is 1.78. The zero-order valence-corrected chi connectivity index (χ0v) is 15.5. The Labute approximate surface area is 155 Å². The van der Waals surface area contributed by atoms with Gasteiger partial charge in [-0.15, -0.1) is 0 Å². The van der Waals surface area contributed by atoms with Crippen molar-refractivity contribution in [3.05, 3.63) is 53.3 Å². The summed E-state index contributed by atoms with van der Waals surface area (Å²) in [5.74, 6) is -1.36. The third-order valence-electron chi connectivity index (χ3n) is 3.18. The Morgan fingerprint density at radius 1 is 1.19 bits per heavy atom. The Kier molecular flexibility index (Phi) is 6.30. The van der Waals surface area contributed by atoms with Crippen molar-refractivity contribution in [1.82, 2.24) is 9.29 Å². The van der Waals surface area contributed by atoms with Crippen LogP contribution in [0.15, 0.2) is 47.5 Å². The van der Waals surface area contributed by atoms with Gasteiger partial charge in [0.25, 0.3) is 5.91 Å². The summed E-state index contributed by atoms with van der Waals surface area (Å²) in [6.45, 7) is -0.523. The first kappa shape index (κ1) is 19.8. The van der Waals surface area contributed by atoms with E-state index in [0.29, 0.717) is 10.7 Å². The van der Waals surface area contributed by atoms with Gasteiger partial charge in [0.2, 0.25) is 10.0 Å². The molecule has 2 rings (SSSR count). The van der Waals surface area contributed by atoms with E-state index in [2.05, 4.69) is 10.3 Å². The number of hydrogen-bond acceptors (Lipinski definition) is 6. The lowest BCUT2D eigenvalue weighted by Gasteiger charge is -2.12. The third kappa shape index (κ3) is 5.01. The number of ether oxygens (including phenoxy) is 1. The first-order chi connectivity index (χ1) is 12.2. The van der Waals surface area contributed by atoms with Gasteiger partial charge >= 0.3 is 5.97 Å². The molecule has 2 aromatic rings. The molecule has 1 heterocycles. The fourth-order valence-electron chi connectivity index (χ4n) is 1.84. The van der Waals surface area contributed by atoms with Gasteiger partial charge in [-0.3, -0.25) is 4.79 Å². The van der Waals surface area contributed by atoms with Gasteiger partial charge in [-0.25, -0.2) is 22.5 Å². The number of amides is 1. The molecule has 10 heteroatoms. The fourth-order valence-corrected chi connectivity index (χ4v) is 2.90. The molecule has 0 fully saturated rings. The van der Waals surface area contributed by atoms with Crippen LogP contribution in [0.5, 0.6) is 0 Å². The zero-order chi connectivity index (χ0) is 19.3. The van der Waals surface area contributed by atoms with E-state index < -0.39 is 28.5 Å².